The summed E-state index contributed by atoms with van der Waals surface area (Å²) in [4.78, 5) is 28.0. The minimum Gasteiger partial charge on any atom is -0.382 e. The second kappa shape index (κ2) is 9.50. The highest BCUT2D eigenvalue weighted by atomic mass is 16.5. The molecule has 0 aliphatic carbocycles. The van der Waals surface area contributed by atoms with Gasteiger partial charge in [0, 0.05) is 24.8 Å². The first kappa shape index (κ1) is 20.7. The lowest BCUT2D eigenvalue weighted by Crippen LogP contribution is -2.36. The summed E-state index contributed by atoms with van der Waals surface area (Å²) in [6, 6.07) is 9.72. The van der Waals surface area contributed by atoms with Gasteiger partial charge in [-0.1, -0.05) is 24.3 Å². The molecule has 0 saturated carbocycles. The van der Waals surface area contributed by atoms with Gasteiger partial charge < -0.3 is 26.4 Å². The van der Waals surface area contributed by atoms with Crippen LogP contribution in [0.15, 0.2) is 48.9 Å². The molecule has 0 radical (unpaired) electrons. The third kappa shape index (κ3) is 4.79. The molecule has 2 aromatic heterocycles. The summed E-state index contributed by atoms with van der Waals surface area (Å²) in [7, 11) is 0. The van der Waals surface area contributed by atoms with Gasteiger partial charge in [0.25, 0.3) is 5.91 Å². The predicted octanol–water partition coefficient (Wildman–Crippen LogP) is 1.71. The largest absolute Gasteiger partial charge is 0.382 e. The maximum atomic E-state index is 13.0. The van der Waals surface area contributed by atoms with E-state index in [0.717, 1.165) is 36.3 Å². The highest BCUT2D eigenvalue weighted by Gasteiger charge is 2.19. The number of carbonyl (C=O) groups is 1. The molecule has 1 aliphatic rings. The van der Waals surface area contributed by atoms with Gasteiger partial charge in [-0.25, -0.2) is 9.97 Å². The summed E-state index contributed by atoms with van der Waals surface area (Å²) in [6.45, 7) is 3.35. The van der Waals surface area contributed by atoms with Gasteiger partial charge in [-0.3, -0.25) is 9.78 Å². The number of hydrogen-bond donors (Lipinski definition) is 3. The summed E-state index contributed by atoms with van der Waals surface area (Å²) >= 11 is 0. The van der Waals surface area contributed by atoms with Crippen LogP contribution in [0.1, 0.15) is 16.1 Å². The number of nitrogens with two attached hydrogens (primary N) is 2. The van der Waals surface area contributed by atoms with E-state index in [1.807, 2.05) is 30.3 Å². The van der Waals surface area contributed by atoms with Crippen LogP contribution in [0.3, 0.4) is 0 Å². The van der Waals surface area contributed by atoms with Crippen LogP contribution in [0.25, 0.3) is 11.3 Å². The first-order valence-corrected chi connectivity index (χ1v) is 10.2. The number of amides is 1. The fourth-order valence-electron chi connectivity index (χ4n) is 3.46. The molecular formula is C22H25N7O2. The molecule has 5 N–H and O–H groups in total. The fraction of sp³-hybridized carbons (Fsp3) is 0.273. The van der Waals surface area contributed by atoms with E-state index in [4.69, 9.17) is 16.2 Å². The number of rotatable bonds is 6. The molecule has 3 aromatic rings. The lowest BCUT2D eigenvalue weighted by molar-refractivity contribution is 0.102. The van der Waals surface area contributed by atoms with E-state index >= 15 is 0 Å². The second-order valence-corrected chi connectivity index (χ2v) is 7.17. The van der Waals surface area contributed by atoms with E-state index < -0.39 is 5.91 Å². The van der Waals surface area contributed by atoms with Crippen molar-refractivity contribution in [3.63, 3.8) is 0 Å². The topological polar surface area (TPSA) is 132 Å². The van der Waals surface area contributed by atoms with E-state index in [9.17, 15) is 4.79 Å². The molecular weight excluding hydrogens is 394 g/mol. The number of ether oxygens (including phenoxy) is 1. The number of nitrogen functional groups attached to an aromatic ring is 1. The molecule has 1 saturated heterocycles. The van der Waals surface area contributed by atoms with Crippen molar-refractivity contribution >= 4 is 23.1 Å². The third-order valence-electron chi connectivity index (χ3n) is 5.10. The Morgan fingerprint density at radius 2 is 1.90 bits per heavy atom. The highest BCUT2D eigenvalue weighted by Crippen LogP contribution is 2.26. The summed E-state index contributed by atoms with van der Waals surface area (Å²) < 4.78 is 5.42. The number of anilines is 3. The first-order chi connectivity index (χ1) is 15.2. The van der Waals surface area contributed by atoms with Crippen LogP contribution < -0.4 is 21.7 Å². The summed E-state index contributed by atoms with van der Waals surface area (Å²) in [5.41, 5.74) is 15.7. The van der Waals surface area contributed by atoms with E-state index in [2.05, 4.69) is 25.2 Å². The predicted molar refractivity (Wildman–Crippen MR) is 120 cm³/mol. The number of benzene rings is 1. The van der Waals surface area contributed by atoms with Crippen molar-refractivity contribution in [1.29, 1.82) is 0 Å². The highest BCUT2D eigenvalue weighted by molar-refractivity contribution is 6.07. The molecule has 4 rings (SSSR count). The van der Waals surface area contributed by atoms with Gasteiger partial charge in [-0.05, 0) is 24.6 Å². The van der Waals surface area contributed by atoms with Gasteiger partial charge in [0.2, 0.25) is 0 Å². The average molecular weight is 419 g/mol. The first-order valence-electron chi connectivity index (χ1n) is 10.2. The monoisotopic (exact) mass is 419 g/mol. The Balaban J connectivity index is 1.57. The maximum absolute atomic E-state index is 13.0. The Morgan fingerprint density at radius 3 is 2.65 bits per heavy atom. The van der Waals surface area contributed by atoms with Gasteiger partial charge in [-0.2, -0.15) is 0 Å². The number of nitrogens with zero attached hydrogens (tertiary/aromatic N) is 4. The molecule has 1 aliphatic heterocycles. The van der Waals surface area contributed by atoms with E-state index in [-0.39, 0.29) is 11.5 Å². The van der Waals surface area contributed by atoms with Crippen LogP contribution in [-0.4, -0.2) is 53.7 Å². The van der Waals surface area contributed by atoms with Crippen LogP contribution in [0.4, 0.5) is 17.2 Å². The number of nitrogens with one attached hydrogen (secondary N) is 1. The summed E-state index contributed by atoms with van der Waals surface area (Å²) in [6.07, 6.45) is 5.68. The van der Waals surface area contributed by atoms with Crippen molar-refractivity contribution in [2.75, 3.05) is 48.8 Å². The lowest BCUT2D eigenvalue weighted by atomic mass is 10.1. The van der Waals surface area contributed by atoms with E-state index in [1.165, 1.54) is 0 Å². The van der Waals surface area contributed by atoms with Crippen LogP contribution in [-0.2, 0) is 11.2 Å². The number of pyridine rings is 1. The molecule has 9 nitrogen and oxygen atoms in total. The normalized spacial score (nSPS) is 13.8. The molecule has 1 aromatic carbocycles. The van der Waals surface area contributed by atoms with Crippen LogP contribution in [0, 0.1) is 0 Å². The van der Waals surface area contributed by atoms with Crippen molar-refractivity contribution in [3.8, 4) is 11.3 Å². The Kier molecular flexibility index (Phi) is 6.34. The molecule has 160 valence electrons. The molecule has 0 spiro atoms. The van der Waals surface area contributed by atoms with Crippen molar-refractivity contribution in [3.05, 3.63) is 60.2 Å². The zero-order chi connectivity index (χ0) is 21.6. The van der Waals surface area contributed by atoms with Crippen molar-refractivity contribution in [1.82, 2.24) is 15.0 Å². The Hall–Kier alpha value is -3.56. The average Bonchev–Trinajstić information content (AvgIpc) is 2.81. The van der Waals surface area contributed by atoms with Gasteiger partial charge in [0.05, 0.1) is 42.7 Å². The Labute approximate surface area is 180 Å². The van der Waals surface area contributed by atoms with Crippen LogP contribution >= 0.6 is 0 Å². The fourth-order valence-corrected chi connectivity index (χ4v) is 3.46. The van der Waals surface area contributed by atoms with Crippen molar-refractivity contribution in [2.24, 2.45) is 5.73 Å². The third-order valence-corrected chi connectivity index (χ3v) is 5.10. The van der Waals surface area contributed by atoms with Gasteiger partial charge in [0.15, 0.2) is 11.5 Å². The number of hydrogen-bond acceptors (Lipinski definition) is 8. The quantitative estimate of drug-likeness (QED) is 0.550. The second-order valence-electron chi connectivity index (χ2n) is 7.17. The molecule has 0 unspecified atom stereocenters. The van der Waals surface area contributed by atoms with E-state index in [1.54, 1.807) is 18.6 Å². The molecule has 1 fully saturated rings. The summed E-state index contributed by atoms with van der Waals surface area (Å²) in [5.74, 6) is -0.369. The van der Waals surface area contributed by atoms with E-state index in [0.29, 0.717) is 31.1 Å². The molecule has 3 heterocycles. The Bertz CT molecular complexity index is 1050. The standard InChI is InChI=1S/C22H25N7O2/c23-7-5-15-1-3-16(4-2-15)17-14-26-21(24)20(27-17)22(30)28-18-13-25-8-6-19(18)29-9-11-31-12-10-29/h1-4,6,8,13-14H,5,7,9-12,23H2,(H2,24,26)(H,28,30). The molecule has 0 bridgehead atoms. The van der Waals surface area contributed by atoms with Gasteiger partial charge >= 0.3 is 0 Å². The minimum absolute atomic E-state index is 0.0674. The molecule has 0 atom stereocenters. The molecule has 1 amide bonds. The Morgan fingerprint density at radius 1 is 1.13 bits per heavy atom. The maximum Gasteiger partial charge on any atom is 0.278 e. The zero-order valence-electron chi connectivity index (χ0n) is 17.1. The minimum atomic E-state index is -0.436. The number of morpholine rings is 1. The summed E-state index contributed by atoms with van der Waals surface area (Å²) in [5, 5.41) is 2.89. The zero-order valence-corrected chi connectivity index (χ0v) is 17.1. The van der Waals surface area contributed by atoms with Crippen molar-refractivity contribution in [2.45, 2.75) is 6.42 Å². The molecule has 9 heteroatoms. The van der Waals surface area contributed by atoms with Gasteiger partial charge in [-0.15, -0.1) is 0 Å². The molecule has 31 heavy (non-hydrogen) atoms. The van der Waals surface area contributed by atoms with Crippen molar-refractivity contribution < 1.29 is 9.53 Å². The lowest BCUT2D eigenvalue weighted by Gasteiger charge is -2.30. The SMILES string of the molecule is NCCc1ccc(-c2cnc(N)c(C(=O)Nc3cnccc3N3CCOCC3)n2)cc1. The number of aromatic nitrogens is 3. The van der Waals surface area contributed by atoms with Gasteiger partial charge in [0.1, 0.15) is 0 Å². The smallest absolute Gasteiger partial charge is 0.278 e. The number of carbonyl (C=O) groups excluding carboxylic acids is 1. The van der Waals surface area contributed by atoms with Crippen LogP contribution in [0.5, 0.6) is 0 Å². The van der Waals surface area contributed by atoms with Crippen LogP contribution in [0.2, 0.25) is 0 Å².